The minimum Gasteiger partial charge on any atom is -0.316 e. The standard InChI is InChI=1S/C15H21NOSSi/c1-10-6-11(2)8-13-12(7-10)14(17)16-15(13)18-9-19(3,4)5/h6-8H,9H2,1-5H3,(H,16,17). The van der Waals surface area contributed by atoms with Crippen molar-refractivity contribution in [2.45, 2.75) is 38.5 Å². The Labute approximate surface area is 120 Å². The molecule has 2 rings (SSSR count). The van der Waals surface area contributed by atoms with Crippen LogP contribution in [0.3, 0.4) is 0 Å². The molecule has 0 spiro atoms. The molecule has 102 valence electrons. The molecule has 1 aliphatic heterocycles. The quantitative estimate of drug-likeness (QED) is 0.683. The normalized spacial score (nSPS) is 12.1. The van der Waals surface area contributed by atoms with Crippen LogP contribution in [0.2, 0.25) is 19.6 Å². The first-order chi connectivity index (χ1) is 8.76. The third-order valence-corrected chi connectivity index (χ3v) is 7.51. The van der Waals surface area contributed by atoms with E-state index in [9.17, 15) is 4.79 Å². The Bertz CT molecular complexity index is 627. The first kappa shape index (κ1) is 14.4. The predicted octanol–water partition coefficient (Wildman–Crippen LogP) is 4.07. The number of rotatable bonds is 3. The number of aryl methyl sites for hydroxylation is 2. The Morgan fingerprint density at radius 2 is 1.63 bits per heavy atom. The highest BCUT2D eigenvalue weighted by molar-refractivity contribution is 8.01. The van der Waals surface area contributed by atoms with Gasteiger partial charge in [-0.1, -0.05) is 36.8 Å². The fraction of sp³-hybridized carbons (Fsp3) is 0.400. The van der Waals surface area contributed by atoms with Gasteiger partial charge in [0.05, 0.1) is 13.1 Å². The van der Waals surface area contributed by atoms with Crippen molar-refractivity contribution in [1.29, 1.82) is 0 Å². The zero-order chi connectivity index (χ0) is 14.2. The minimum atomic E-state index is -1.12. The Kier molecular flexibility index (Phi) is 3.92. The molecule has 0 unspecified atom stereocenters. The number of fused-ring (bicyclic) bond motifs is 1. The average Bonchev–Trinajstić information content (AvgIpc) is 2.44. The first-order valence-corrected chi connectivity index (χ1v) is 11.2. The van der Waals surface area contributed by atoms with E-state index < -0.39 is 8.07 Å². The molecule has 0 aromatic rings. The fourth-order valence-electron chi connectivity index (χ4n) is 2.07. The van der Waals surface area contributed by atoms with Crippen LogP contribution in [0.25, 0.3) is 11.1 Å². The second-order valence-electron chi connectivity index (χ2n) is 6.38. The largest absolute Gasteiger partial charge is 0.316 e. The second kappa shape index (κ2) is 5.17. The molecule has 0 radical (unpaired) electrons. The summed E-state index contributed by atoms with van der Waals surface area (Å²) in [5, 5.41) is 2.15. The van der Waals surface area contributed by atoms with Gasteiger partial charge in [0.25, 0.3) is 5.56 Å². The lowest BCUT2D eigenvalue weighted by molar-refractivity contribution is 1.17. The lowest BCUT2D eigenvalue weighted by Gasteiger charge is -2.14. The number of hydrogen-bond acceptors (Lipinski definition) is 2. The van der Waals surface area contributed by atoms with Crippen molar-refractivity contribution in [3.05, 3.63) is 39.7 Å². The number of H-pyrrole nitrogens is 1. The monoisotopic (exact) mass is 291 g/mol. The highest BCUT2D eigenvalue weighted by Gasteiger charge is 2.19. The SMILES string of the molecule is Cc1cc(C)cc2c(=O)[nH]c(SC[Si](C)(C)C)c-2c1. The number of aromatic amines is 1. The number of thioether (sulfide) groups is 1. The summed E-state index contributed by atoms with van der Waals surface area (Å²) >= 11 is 1.79. The van der Waals surface area contributed by atoms with Crippen LogP contribution in [-0.4, -0.2) is 18.4 Å². The van der Waals surface area contributed by atoms with Crippen LogP contribution in [0.1, 0.15) is 11.1 Å². The molecule has 0 aromatic carbocycles. The highest BCUT2D eigenvalue weighted by atomic mass is 32.2. The number of nitrogens with one attached hydrogen (secondary N) is 1. The van der Waals surface area contributed by atoms with Gasteiger partial charge in [0.1, 0.15) is 0 Å². The van der Waals surface area contributed by atoms with Gasteiger partial charge in [-0.05, 0) is 31.4 Å². The van der Waals surface area contributed by atoms with Crippen molar-refractivity contribution in [3.63, 3.8) is 0 Å². The molecule has 0 saturated carbocycles. The van der Waals surface area contributed by atoms with Crippen LogP contribution in [0.15, 0.2) is 28.0 Å². The van der Waals surface area contributed by atoms with Crippen LogP contribution in [0.5, 0.6) is 0 Å². The molecule has 0 aromatic heterocycles. The van der Waals surface area contributed by atoms with E-state index in [0.717, 1.165) is 27.1 Å². The lowest BCUT2D eigenvalue weighted by atomic mass is 10.2. The molecule has 2 aliphatic rings. The molecule has 1 aliphatic carbocycles. The van der Waals surface area contributed by atoms with Crippen molar-refractivity contribution >= 4 is 19.8 Å². The third kappa shape index (κ3) is 3.51. The van der Waals surface area contributed by atoms with E-state index in [1.807, 2.05) is 13.0 Å². The molecule has 0 atom stereocenters. The molecular weight excluding hydrogens is 270 g/mol. The molecular formula is C15H21NOSSi. The summed E-state index contributed by atoms with van der Waals surface area (Å²) in [6.07, 6.45) is 0. The maximum Gasteiger partial charge on any atom is 0.256 e. The van der Waals surface area contributed by atoms with E-state index in [-0.39, 0.29) is 5.56 Å². The average molecular weight is 291 g/mol. The second-order valence-corrected chi connectivity index (χ2v) is 13.4. The minimum absolute atomic E-state index is 0.0341. The maximum absolute atomic E-state index is 12.1. The van der Waals surface area contributed by atoms with Crippen molar-refractivity contribution in [2.24, 2.45) is 0 Å². The number of aromatic nitrogens is 1. The number of hydrogen-bond donors (Lipinski definition) is 1. The Morgan fingerprint density at radius 1 is 1.05 bits per heavy atom. The summed E-state index contributed by atoms with van der Waals surface area (Å²) in [6, 6.07) is 6.22. The van der Waals surface area contributed by atoms with Gasteiger partial charge in [-0.15, -0.1) is 11.8 Å². The van der Waals surface area contributed by atoms with E-state index in [1.165, 1.54) is 5.56 Å². The van der Waals surface area contributed by atoms with Crippen LogP contribution in [0.4, 0.5) is 0 Å². The maximum atomic E-state index is 12.1. The molecule has 0 bridgehead atoms. The van der Waals surface area contributed by atoms with Crippen molar-refractivity contribution in [2.75, 3.05) is 5.38 Å². The summed E-state index contributed by atoms with van der Waals surface area (Å²) in [6.45, 7) is 11.2. The van der Waals surface area contributed by atoms with Crippen LogP contribution < -0.4 is 5.56 Å². The van der Waals surface area contributed by atoms with Crippen LogP contribution in [0, 0.1) is 13.8 Å². The van der Waals surface area contributed by atoms with Crippen molar-refractivity contribution in [1.82, 2.24) is 4.98 Å². The highest BCUT2D eigenvalue weighted by Crippen LogP contribution is 2.31. The van der Waals surface area contributed by atoms with Gasteiger partial charge in [-0.3, -0.25) is 4.79 Å². The topological polar surface area (TPSA) is 32.9 Å². The van der Waals surface area contributed by atoms with E-state index in [4.69, 9.17) is 0 Å². The molecule has 4 heteroatoms. The lowest BCUT2D eigenvalue weighted by Crippen LogP contribution is -2.23. The molecule has 19 heavy (non-hydrogen) atoms. The van der Waals surface area contributed by atoms with Gasteiger partial charge in [0, 0.05) is 11.1 Å². The van der Waals surface area contributed by atoms with Crippen molar-refractivity contribution < 1.29 is 0 Å². The smallest absolute Gasteiger partial charge is 0.256 e. The fourth-order valence-corrected chi connectivity index (χ4v) is 4.87. The van der Waals surface area contributed by atoms with E-state index >= 15 is 0 Å². The van der Waals surface area contributed by atoms with Gasteiger partial charge in [-0.2, -0.15) is 0 Å². The first-order valence-electron chi connectivity index (χ1n) is 6.53. The molecule has 0 fully saturated rings. The molecule has 0 amide bonds. The zero-order valence-corrected chi connectivity index (χ0v) is 14.1. The van der Waals surface area contributed by atoms with E-state index in [2.05, 4.69) is 43.7 Å². The van der Waals surface area contributed by atoms with Gasteiger partial charge in [-0.25, -0.2) is 0 Å². The predicted molar refractivity (Wildman–Crippen MR) is 87.2 cm³/mol. The van der Waals surface area contributed by atoms with Gasteiger partial charge in [0.2, 0.25) is 0 Å². The van der Waals surface area contributed by atoms with Gasteiger partial charge >= 0.3 is 0 Å². The Hall–Kier alpha value is -1.00. The van der Waals surface area contributed by atoms with Crippen molar-refractivity contribution in [3.8, 4) is 11.1 Å². The van der Waals surface area contributed by atoms with Gasteiger partial charge < -0.3 is 4.98 Å². The van der Waals surface area contributed by atoms with E-state index in [0.29, 0.717) is 0 Å². The molecule has 1 N–H and O–H groups in total. The molecule has 2 nitrogen and oxygen atoms in total. The van der Waals surface area contributed by atoms with E-state index in [1.54, 1.807) is 11.8 Å². The van der Waals surface area contributed by atoms with Crippen LogP contribution in [-0.2, 0) is 0 Å². The summed E-state index contributed by atoms with van der Waals surface area (Å²) in [7, 11) is -1.12. The van der Waals surface area contributed by atoms with Crippen LogP contribution >= 0.6 is 11.8 Å². The Morgan fingerprint density at radius 3 is 2.21 bits per heavy atom. The zero-order valence-electron chi connectivity index (χ0n) is 12.3. The summed E-state index contributed by atoms with van der Waals surface area (Å²) in [5.74, 6) is 0. The summed E-state index contributed by atoms with van der Waals surface area (Å²) < 4.78 is 0. The Balaban J connectivity index is 2.47. The van der Waals surface area contributed by atoms with Gasteiger partial charge in [0.15, 0.2) is 0 Å². The molecule has 1 heterocycles. The summed E-state index contributed by atoms with van der Waals surface area (Å²) in [4.78, 5) is 15.1. The third-order valence-electron chi connectivity index (χ3n) is 2.86. The summed E-state index contributed by atoms with van der Waals surface area (Å²) in [5.41, 5.74) is 4.24. The molecule has 0 saturated heterocycles.